The fourth-order valence-corrected chi connectivity index (χ4v) is 3.57. The number of halogens is 3. The van der Waals surface area contributed by atoms with Gasteiger partial charge >= 0.3 is 12.1 Å². The average Bonchev–Trinajstić information content (AvgIpc) is 2.60. The number of benzene rings is 1. The first kappa shape index (κ1) is 22.0. The second kappa shape index (κ2) is 9.78. The summed E-state index contributed by atoms with van der Waals surface area (Å²) in [5, 5.41) is 4.86. The number of nitrogens with one attached hydrogen (secondary N) is 2. The highest BCUT2D eigenvalue weighted by atomic mass is 32.2. The summed E-state index contributed by atoms with van der Waals surface area (Å²) in [7, 11) is 0. The normalized spacial score (nSPS) is 16.0. The highest BCUT2D eigenvalue weighted by Crippen LogP contribution is 2.35. The molecule has 0 bridgehead atoms. The van der Waals surface area contributed by atoms with Gasteiger partial charge in [0.2, 0.25) is 12.3 Å². The van der Waals surface area contributed by atoms with E-state index in [4.69, 9.17) is 4.74 Å². The molecule has 0 radical (unpaired) electrons. The molecule has 1 heterocycles. The minimum absolute atomic E-state index is 0.0938. The molecule has 1 fully saturated rings. The van der Waals surface area contributed by atoms with E-state index < -0.39 is 29.7 Å². The van der Waals surface area contributed by atoms with Crippen LogP contribution in [0.1, 0.15) is 12.5 Å². The number of hydrogen-bond donors (Lipinski definition) is 2. The van der Waals surface area contributed by atoms with Crippen LogP contribution in [-0.2, 0) is 25.3 Å². The van der Waals surface area contributed by atoms with Crippen molar-refractivity contribution in [1.29, 1.82) is 0 Å². The molecule has 0 aromatic heterocycles. The Labute approximate surface area is 164 Å². The predicted octanol–water partition coefficient (Wildman–Crippen LogP) is 1.44. The van der Waals surface area contributed by atoms with Gasteiger partial charge in [0.15, 0.2) is 0 Å². The second-order valence-corrected chi connectivity index (χ2v) is 7.17. The van der Waals surface area contributed by atoms with Crippen molar-refractivity contribution in [3.05, 3.63) is 29.8 Å². The molecule has 2 N–H and O–H groups in total. The average molecular weight is 419 g/mol. The van der Waals surface area contributed by atoms with Gasteiger partial charge in [-0.05, 0) is 37.1 Å². The summed E-state index contributed by atoms with van der Waals surface area (Å²) in [5.41, 5.74) is -0.729. The van der Waals surface area contributed by atoms with Gasteiger partial charge in [0, 0.05) is 24.5 Å². The van der Waals surface area contributed by atoms with E-state index in [1.54, 1.807) is 17.3 Å². The fourth-order valence-electron chi connectivity index (χ4n) is 2.45. The maximum absolute atomic E-state index is 12.8. The molecule has 1 saturated heterocycles. The van der Waals surface area contributed by atoms with E-state index in [-0.39, 0.29) is 19.1 Å². The summed E-state index contributed by atoms with van der Waals surface area (Å²) < 4.78 is 44.9. The molecule has 0 aliphatic carbocycles. The van der Waals surface area contributed by atoms with Crippen LogP contribution >= 0.6 is 11.9 Å². The molecule has 7 nitrogen and oxygen atoms in total. The standard InChI is InChI=1S/C17H20F3N3O4S/c1-2-27-16(26)14(7-21-10-24)22-15(25)11-8-23(9-11)28-13-5-3-4-12(6-13)17(18,19)20/h3-6,10-11,14H,2,7-9H2,1H3,(H,21,24)(H,22,25). The molecule has 0 saturated carbocycles. The van der Waals surface area contributed by atoms with Crippen LogP contribution in [0, 0.1) is 5.92 Å². The first-order valence-electron chi connectivity index (χ1n) is 8.48. The van der Waals surface area contributed by atoms with Gasteiger partial charge in [-0.1, -0.05) is 6.07 Å². The van der Waals surface area contributed by atoms with Gasteiger partial charge in [-0.3, -0.25) is 9.59 Å². The number of carbonyl (C=O) groups is 3. The molecule has 1 aromatic carbocycles. The first-order valence-corrected chi connectivity index (χ1v) is 9.26. The summed E-state index contributed by atoms with van der Waals surface area (Å²) >= 11 is 1.13. The third kappa shape index (κ3) is 6.13. The molecule has 1 atom stereocenters. The number of amides is 2. The molecule has 154 valence electrons. The Morgan fingerprint density at radius 2 is 2.11 bits per heavy atom. The van der Waals surface area contributed by atoms with Crippen molar-refractivity contribution in [3.8, 4) is 0 Å². The molecule has 1 aliphatic heterocycles. The number of hydrogen-bond acceptors (Lipinski definition) is 6. The van der Waals surface area contributed by atoms with Crippen LogP contribution in [0.3, 0.4) is 0 Å². The van der Waals surface area contributed by atoms with E-state index in [0.717, 1.165) is 24.1 Å². The third-order valence-corrected chi connectivity index (χ3v) is 4.93. The summed E-state index contributed by atoms with van der Waals surface area (Å²) in [6, 6.07) is 3.95. The van der Waals surface area contributed by atoms with Crippen LogP contribution in [0.2, 0.25) is 0 Å². The van der Waals surface area contributed by atoms with Crippen molar-refractivity contribution >= 4 is 30.2 Å². The van der Waals surface area contributed by atoms with Crippen LogP contribution < -0.4 is 10.6 Å². The minimum atomic E-state index is -4.41. The molecule has 1 aromatic rings. The molecule has 2 rings (SSSR count). The minimum Gasteiger partial charge on any atom is -0.464 e. The number of carbonyl (C=O) groups excluding carboxylic acids is 3. The lowest BCUT2D eigenvalue weighted by molar-refractivity contribution is -0.148. The zero-order chi connectivity index (χ0) is 20.7. The third-order valence-electron chi connectivity index (χ3n) is 3.91. The lowest BCUT2D eigenvalue weighted by Crippen LogP contribution is -2.56. The molecule has 2 amide bonds. The summed E-state index contributed by atoms with van der Waals surface area (Å²) in [5.74, 6) is -1.45. The Morgan fingerprint density at radius 3 is 2.71 bits per heavy atom. The topological polar surface area (TPSA) is 87.7 Å². The summed E-state index contributed by atoms with van der Waals surface area (Å²) in [6.07, 6.45) is -4.00. The Balaban J connectivity index is 1.85. The Bertz CT molecular complexity index is 711. The van der Waals surface area contributed by atoms with Gasteiger partial charge in [0.05, 0.1) is 18.1 Å². The van der Waals surface area contributed by atoms with Gasteiger partial charge in [0.25, 0.3) is 0 Å². The fraction of sp³-hybridized carbons (Fsp3) is 0.471. The number of nitrogens with zero attached hydrogens (tertiary/aromatic N) is 1. The van der Waals surface area contributed by atoms with E-state index in [9.17, 15) is 27.6 Å². The highest BCUT2D eigenvalue weighted by molar-refractivity contribution is 7.97. The van der Waals surface area contributed by atoms with Gasteiger partial charge in [-0.15, -0.1) is 0 Å². The SMILES string of the molecule is CCOC(=O)C(CNC=O)NC(=O)C1CN(Sc2cccc(C(F)(F)F)c2)C1. The van der Waals surface area contributed by atoms with E-state index in [1.807, 2.05) is 0 Å². The van der Waals surface area contributed by atoms with Gasteiger partial charge < -0.3 is 15.4 Å². The number of esters is 1. The van der Waals surface area contributed by atoms with Gasteiger partial charge in [-0.2, -0.15) is 13.2 Å². The Kier molecular flexibility index (Phi) is 7.69. The lowest BCUT2D eigenvalue weighted by atomic mass is 10.0. The molecular weight excluding hydrogens is 399 g/mol. The van der Waals surface area contributed by atoms with Gasteiger partial charge in [0.1, 0.15) is 6.04 Å². The Morgan fingerprint density at radius 1 is 1.39 bits per heavy atom. The van der Waals surface area contributed by atoms with E-state index in [2.05, 4.69) is 10.6 Å². The summed E-state index contributed by atoms with van der Waals surface area (Å²) in [6.45, 7) is 2.31. The van der Waals surface area contributed by atoms with Gasteiger partial charge in [-0.25, -0.2) is 9.10 Å². The van der Waals surface area contributed by atoms with Crippen LogP contribution in [0.4, 0.5) is 13.2 Å². The number of alkyl halides is 3. The maximum atomic E-state index is 12.8. The smallest absolute Gasteiger partial charge is 0.416 e. The van der Waals surface area contributed by atoms with Crippen LogP contribution in [0.15, 0.2) is 29.2 Å². The van der Waals surface area contributed by atoms with Crippen molar-refractivity contribution in [2.45, 2.75) is 24.0 Å². The largest absolute Gasteiger partial charge is 0.464 e. The first-order chi connectivity index (χ1) is 13.2. The highest BCUT2D eigenvalue weighted by Gasteiger charge is 2.36. The molecule has 1 aliphatic rings. The quantitative estimate of drug-likeness (QED) is 0.358. The molecule has 0 spiro atoms. The van der Waals surface area contributed by atoms with Crippen molar-refractivity contribution in [2.75, 3.05) is 26.2 Å². The molecule has 1 unspecified atom stereocenters. The molecular formula is C17H20F3N3O4S. The number of ether oxygens (including phenoxy) is 1. The monoisotopic (exact) mass is 419 g/mol. The predicted molar refractivity (Wildman–Crippen MR) is 95.0 cm³/mol. The van der Waals surface area contributed by atoms with E-state index in [0.29, 0.717) is 24.4 Å². The summed E-state index contributed by atoms with van der Waals surface area (Å²) in [4.78, 5) is 35.0. The van der Waals surface area contributed by atoms with Crippen molar-refractivity contribution in [3.63, 3.8) is 0 Å². The zero-order valence-electron chi connectivity index (χ0n) is 15.0. The van der Waals surface area contributed by atoms with Crippen molar-refractivity contribution < 1.29 is 32.3 Å². The van der Waals surface area contributed by atoms with Crippen LogP contribution in [0.25, 0.3) is 0 Å². The van der Waals surface area contributed by atoms with Crippen molar-refractivity contribution in [1.82, 2.24) is 14.9 Å². The maximum Gasteiger partial charge on any atom is 0.416 e. The molecule has 11 heteroatoms. The van der Waals surface area contributed by atoms with Crippen LogP contribution in [0.5, 0.6) is 0 Å². The van der Waals surface area contributed by atoms with E-state index >= 15 is 0 Å². The van der Waals surface area contributed by atoms with E-state index in [1.165, 1.54) is 6.07 Å². The van der Waals surface area contributed by atoms with Crippen molar-refractivity contribution in [2.24, 2.45) is 5.92 Å². The lowest BCUT2D eigenvalue weighted by Gasteiger charge is -2.37. The number of rotatable bonds is 9. The zero-order valence-corrected chi connectivity index (χ0v) is 15.8. The molecule has 28 heavy (non-hydrogen) atoms. The second-order valence-electron chi connectivity index (χ2n) is 6.00. The Hall–Kier alpha value is -2.27. The van der Waals surface area contributed by atoms with Crippen LogP contribution in [-0.4, -0.2) is 54.9 Å².